The van der Waals surface area contributed by atoms with E-state index in [0.717, 1.165) is 30.2 Å². The van der Waals surface area contributed by atoms with Gasteiger partial charge in [0.1, 0.15) is 0 Å². The van der Waals surface area contributed by atoms with E-state index in [-0.39, 0.29) is 12.1 Å². The molecule has 3 rings (SSSR count). The van der Waals surface area contributed by atoms with Gasteiger partial charge in [-0.1, -0.05) is 12.8 Å². The number of hydrogen-bond donors (Lipinski definition) is 0. The second-order valence-corrected chi connectivity index (χ2v) is 8.01. The van der Waals surface area contributed by atoms with Crippen LogP contribution >= 0.6 is 0 Å². The summed E-state index contributed by atoms with van der Waals surface area (Å²) < 4.78 is 16.7. The first-order valence-corrected chi connectivity index (χ1v) is 10.6. The van der Waals surface area contributed by atoms with Crippen LogP contribution in [0.25, 0.3) is 0 Å². The summed E-state index contributed by atoms with van der Waals surface area (Å²) in [5.74, 6) is 3.12. The van der Waals surface area contributed by atoms with Gasteiger partial charge in [-0.3, -0.25) is 4.90 Å². The fourth-order valence-electron chi connectivity index (χ4n) is 3.63. The minimum absolute atomic E-state index is 0.00810. The Hall–Kier alpha value is -2.37. The van der Waals surface area contributed by atoms with Crippen molar-refractivity contribution in [3.8, 4) is 11.5 Å². The lowest BCUT2D eigenvalue weighted by Crippen LogP contribution is -2.53. The molecule has 1 aliphatic carbocycles. The highest BCUT2D eigenvalue weighted by Crippen LogP contribution is 2.35. The maximum atomic E-state index is 13.2. The van der Waals surface area contributed by atoms with Crippen molar-refractivity contribution in [1.29, 1.82) is 0 Å². The lowest BCUT2D eigenvalue weighted by Gasteiger charge is -2.39. The number of benzene rings is 1. The Morgan fingerprint density at radius 2 is 2.00 bits per heavy atom. The zero-order chi connectivity index (χ0) is 20.8. The summed E-state index contributed by atoms with van der Waals surface area (Å²) in [6.07, 6.45) is 7.87. The molecule has 2 amide bonds. The smallest absolute Gasteiger partial charge is 0.325 e. The van der Waals surface area contributed by atoms with Gasteiger partial charge >= 0.3 is 6.03 Å². The Balaban J connectivity index is 1.70. The molecular formula is C23H34N2O4. The fraction of sp³-hybridized carbons (Fsp3) is 0.609. The third-order valence-electron chi connectivity index (χ3n) is 5.85. The molecule has 1 atom stereocenters. The number of urea groups is 1. The average molecular weight is 403 g/mol. The number of anilines is 1. The Morgan fingerprint density at radius 1 is 1.21 bits per heavy atom. The van der Waals surface area contributed by atoms with Crippen LogP contribution in [0.15, 0.2) is 30.0 Å². The standard InChI is InChI=1S/C23H34N2O4/c1-17-11-13-25(23(26)24(17)14-12-18(2)27-3)20-9-10-21(28-4)22(16-20)29-15-5-6-19-7-8-19/h9-10,12,16-17,19H,5-8,11,13-15H2,1-4H3/b18-12-. The van der Waals surface area contributed by atoms with Crippen molar-refractivity contribution in [2.75, 3.05) is 38.8 Å². The first-order valence-electron chi connectivity index (χ1n) is 10.6. The first-order chi connectivity index (χ1) is 14.0. The number of rotatable bonds is 10. The number of ether oxygens (including phenoxy) is 3. The van der Waals surface area contributed by atoms with Crippen LogP contribution in [0, 0.1) is 5.92 Å². The van der Waals surface area contributed by atoms with Gasteiger partial charge in [0.25, 0.3) is 0 Å². The Morgan fingerprint density at radius 3 is 2.69 bits per heavy atom. The van der Waals surface area contributed by atoms with Crippen molar-refractivity contribution in [3.05, 3.63) is 30.0 Å². The van der Waals surface area contributed by atoms with E-state index < -0.39 is 0 Å². The van der Waals surface area contributed by atoms with E-state index in [4.69, 9.17) is 14.2 Å². The molecule has 0 bridgehead atoms. The Bertz CT molecular complexity index is 730. The predicted molar refractivity (Wildman–Crippen MR) is 115 cm³/mol. The molecule has 1 aromatic rings. The Labute approximate surface area is 174 Å². The van der Waals surface area contributed by atoms with Gasteiger partial charge in [-0.05, 0) is 57.2 Å². The fourth-order valence-corrected chi connectivity index (χ4v) is 3.63. The number of carbonyl (C=O) groups is 1. The lowest BCUT2D eigenvalue weighted by atomic mass is 10.1. The van der Waals surface area contributed by atoms with Crippen LogP contribution in [0.1, 0.15) is 46.0 Å². The molecule has 2 fully saturated rings. The van der Waals surface area contributed by atoms with Crippen molar-refractivity contribution in [2.45, 2.75) is 52.0 Å². The maximum absolute atomic E-state index is 13.2. The van der Waals surface area contributed by atoms with Crippen molar-refractivity contribution in [2.24, 2.45) is 5.92 Å². The molecule has 0 aromatic heterocycles. The predicted octanol–water partition coefficient (Wildman–Crippen LogP) is 4.84. The molecule has 2 aliphatic rings. The molecule has 1 saturated carbocycles. The molecular weight excluding hydrogens is 368 g/mol. The molecule has 1 aromatic carbocycles. The summed E-state index contributed by atoms with van der Waals surface area (Å²) in [6.45, 7) is 5.89. The molecule has 0 radical (unpaired) electrons. The monoisotopic (exact) mass is 402 g/mol. The van der Waals surface area contributed by atoms with Gasteiger partial charge in [0.05, 0.1) is 26.6 Å². The summed E-state index contributed by atoms with van der Waals surface area (Å²) in [4.78, 5) is 16.9. The van der Waals surface area contributed by atoms with E-state index in [2.05, 4.69) is 6.92 Å². The van der Waals surface area contributed by atoms with E-state index in [0.29, 0.717) is 31.2 Å². The highest BCUT2D eigenvalue weighted by Gasteiger charge is 2.31. The largest absolute Gasteiger partial charge is 0.502 e. The van der Waals surface area contributed by atoms with E-state index in [1.54, 1.807) is 14.2 Å². The van der Waals surface area contributed by atoms with Crippen LogP contribution in [0.3, 0.4) is 0 Å². The second kappa shape index (κ2) is 9.90. The van der Waals surface area contributed by atoms with Crippen LogP contribution in [-0.2, 0) is 4.74 Å². The van der Waals surface area contributed by atoms with E-state index >= 15 is 0 Å². The SMILES string of the molecule is CO/C(C)=C\CN1C(=O)N(c2ccc(OC)c(OCCCC3CC3)c2)CCC1C. The van der Waals surface area contributed by atoms with E-state index in [1.165, 1.54) is 19.3 Å². The van der Waals surface area contributed by atoms with Gasteiger partial charge < -0.3 is 19.1 Å². The van der Waals surface area contributed by atoms with Crippen molar-refractivity contribution < 1.29 is 19.0 Å². The normalized spacial score (nSPS) is 20.1. The molecule has 6 heteroatoms. The molecule has 160 valence electrons. The number of allylic oxidation sites excluding steroid dienone is 1. The van der Waals surface area contributed by atoms with Crippen LogP contribution < -0.4 is 14.4 Å². The summed E-state index contributed by atoms with van der Waals surface area (Å²) in [5.41, 5.74) is 0.845. The van der Waals surface area contributed by atoms with Crippen molar-refractivity contribution >= 4 is 11.7 Å². The van der Waals surface area contributed by atoms with Crippen LogP contribution in [0.5, 0.6) is 11.5 Å². The highest BCUT2D eigenvalue weighted by molar-refractivity contribution is 5.93. The van der Waals surface area contributed by atoms with Crippen LogP contribution in [0.4, 0.5) is 10.5 Å². The summed E-state index contributed by atoms with van der Waals surface area (Å²) >= 11 is 0. The second-order valence-electron chi connectivity index (χ2n) is 8.01. The zero-order valence-electron chi connectivity index (χ0n) is 18.1. The van der Waals surface area contributed by atoms with E-state index in [9.17, 15) is 4.79 Å². The summed E-state index contributed by atoms with van der Waals surface area (Å²) in [5, 5.41) is 0. The average Bonchev–Trinajstić information content (AvgIpc) is 3.55. The maximum Gasteiger partial charge on any atom is 0.325 e. The van der Waals surface area contributed by atoms with Gasteiger partial charge in [0.2, 0.25) is 0 Å². The third-order valence-corrected chi connectivity index (χ3v) is 5.85. The molecule has 0 N–H and O–H groups in total. The minimum atomic E-state index is 0.00810. The van der Waals surface area contributed by atoms with E-state index in [1.807, 2.05) is 41.0 Å². The number of hydrogen-bond acceptors (Lipinski definition) is 4. The third kappa shape index (κ3) is 5.58. The summed E-state index contributed by atoms with van der Waals surface area (Å²) in [7, 11) is 3.29. The number of carbonyl (C=O) groups excluding carboxylic acids is 1. The highest BCUT2D eigenvalue weighted by atomic mass is 16.5. The van der Waals surface area contributed by atoms with Gasteiger partial charge in [-0.2, -0.15) is 0 Å². The molecule has 6 nitrogen and oxygen atoms in total. The van der Waals surface area contributed by atoms with Gasteiger partial charge in [0, 0.05) is 30.9 Å². The van der Waals surface area contributed by atoms with Gasteiger partial charge in [-0.25, -0.2) is 4.79 Å². The van der Waals surface area contributed by atoms with Crippen LogP contribution in [0.2, 0.25) is 0 Å². The minimum Gasteiger partial charge on any atom is -0.502 e. The number of nitrogens with zero attached hydrogens (tertiary/aromatic N) is 2. The molecule has 1 aliphatic heterocycles. The van der Waals surface area contributed by atoms with Gasteiger partial charge in [-0.15, -0.1) is 0 Å². The first kappa shape index (κ1) is 21.3. The van der Waals surface area contributed by atoms with Crippen molar-refractivity contribution in [3.63, 3.8) is 0 Å². The molecule has 29 heavy (non-hydrogen) atoms. The summed E-state index contributed by atoms with van der Waals surface area (Å²) in [6, 6.07) is 5.94. The van der Waals surface area contributed by atoms with Gasteiger partial charge in [0.15, 0.2) is 11.5 Å². The zero-order valence-corrected chi connectivity index (χ0v) is 18.1. The molecule has 1 saturated heterocycles. The number of methoxy groups -OCH3 is 2. The molecule has 1 unspecified atom stereocenters. The van der Waals surface area contributed by atoms with Crippen molar-refractivity contribution in [1.82, 2.24) is 4.90 Å². The Kier molecular flexibility index (Phi) is 7.29. The molecule has 0 spiro atoms. The lowest BCUT2D eigenvalue weighted by molar-refractivity contribution is 0.177. The topological polar surface area (TPSA) is 51.2 Å². The quantitative estimate of drug-likeness (QED) is 0.415. The number of amides is 2. The molecule has 1 heterocycles. The van der Waals surface area contributed by atoms with Crippen LogP contribution in [-0.4, -0.2) is 50.9 Å².